The highest BCUT2D eigenvalue weighted by Gasteiger charge is 2.35. The van der Waals surface area contributed by atoms with Crippen LogP contribution in [0.5, 0.6) is 0 Å². The summed E-state index contributed by atoms with van der Waals surface area (Å²) in [4.78, 5) is 24.4. The van der Waals surface area contributed by atoms with Crippen LogP contribution in [-0.2, 0) is 16.1 Å². The van der Waals surface area contributed by atoms with Gasteiger partial charge in [0.1, 0.15) is 6.54 Å². The van der Waals surface area contributed by atoms with Crippen LogP contribution in [0.2, 0.25) is 10.0 Å². The lowest BCUT2D eigenvalue weighted by atomic mass is 10.1. The average molecular weight is 332 g/mol. The second-order valence-electron chi connectivity index (χ2n) is 4.90. The zero-order valence-corrected chi connectivity index (χ0v) is 12.8. The summed E-state index contributed by atoms with van der Waals surface area (Å²) in [5, 5.41) is 3.88. The molecular formula is C13H17Cl2N4O2+. The third kappa shape index (κ3) is 3.85. The summed E-state index contributed by atoms with van der Waals surface area (Å²) in [5.74, 6) is 4.56. The first-order valence-electron chi connectivity index (χ1n) is 6.57. The Bertz CT molecular complexity index is 533. The number of carbonyl (C=O) groups is 2. The van der Waals surface area contributed by atoms with Gasteiger partial charge in [0.2, 0.25) is 5.91 Å². The minimum atomic E-state index is -0.505. The van der Waals surface area contributed by atoms with Crippen molar-refractivity contribution >= 4 is 35.0 Å². The van der Waals surface area contributed by atoms with Gasteiger partial charge in [-0.05, 0) is 12.1 Å². The molecule has 0 bridgehead atoms. The number of piperazine rings is 1. The molecule has 8 heteroatoms. The number of nitrogens with two attached hydrogens (primary N) is 1. The van der Waals surface area contributed by atoms with Crippen molar-refractivity contribution in [2.24, 2.45) is 5.84 Å². The van der Waals surface area contributed by atoms with Gasteiger partial charge in [-0.3, -0.25) is 15.0 Å². The Hall–Kier alpha value is -1.34. The molecule has 1 aliphatic heterocycles. The lowest BCUT2D eigenvalue weighted by Gasteiger charge is -2.32. The lowest BCUT2D eigenvalue weighted by Crippen LogP contribution is -3.18. The van der Waals surface area contributed by atoms with E-state index in [4.69, 9.17) is 29.0 Å². The molecule has 0 saturated carbocycles. The molecule has 2 amide bonds. The van der Waals surface area contributed by atoms with E-state index in [0.29, 0.717) is 29.7 Å². The van der Waals surface area contributed by atoms with Crippen LogP contribution in [0.25, 0.3) is 0 Å². The Morgan fingerprint density at radius 2 is 2.10 bits per heavy atom. The van der Waals surface area contributed by atoms with Crippen LogP contribution in [0.3, 0.4) is 0 Å². The molecule has 21 heavy (non-hydrogen) atoms. The molecule has 114 valence electrons. The molecule has 1 aromatic rings. The third-order valence-electron chi connectivity index (χ3n) is 3.57. The van der Waals surface area contributed by atoms with Gasteiger partial charge in [0, 0.05) is 5.56 Å². The summed E-state index contributed by atoms with van der Waals surface area (Å²) < 4.78 is 0. The van der Waals surface area contributed by atoms with E-state index < -0.39 is 6.04 Å². The number of hydrogen-bond donors (Lipinski definition) is 4. The van der Waals surface area contributed by atoms with Crippen molar-refractivity contribution in [3.63, 3.8) is 0 Å². The van der Waals surface area contributed by atoms with Crippen molar-refractivity contribution < 1.29 is 14.5 Å². The molecule has 2 rings (SSSR count). The number of halogens is 2. The van der Waals surface area contributed by atoms with Crippen molar-refractivity contribution in [2.45, 2.75) is 19.0 Å². The number of carbonyl (C=O) groups excluding carboxylic acids is 2. The molecule has 1 fully saturated rings. The van der Waals surface area contributed by atoms with Crippen LogP contribution in [0.15, 0.2) is 18.2 Å². The van der Waals surface area contributed by atoms with Gasteiger partial charge in [0.05, 0.1) is 29.6 Å². The largest absolute Gasteiger partial charge is 0.345 e. The maximum atomic E-state index is 12.0. The summed E-state index contributed by atoms with van der Waals surface area (Å²) >= 11 is 12.3. The summed E-state index contributed by atoms with van der Waals surface area (Å²) in [6.45, 7) is 1.72. The highest BCUT2D eigenvalue weighted by Crippen LogP contribution is 2.23. The van der Waals surface area contributed by atoms with Gasteiger partial charge >= 0.3 is 0 Å². The Morgan fingerprint density at radius 1 is 1.43 bits per heavy atom. The molecule has 1 heterocycles. The Morgan fingerprint density at radius 3 is 2.71 bits per heavy atom. The quantitative estimate of drug-likeness (QED) is 0.333. The molecule has 1 unspecified atom stereocenters. The molecule has 0 spiro atoms. The first kappa shape index (κ1) is 16.0. The predicted octanol–water partition coefficient (Wildman–Crippen LogP) is -0.743. The highest BCUT2D eigenvalue weighted by molar-refractivity contribution is 6.35. The smallest absolute Gasteiger partial charge is 0.279 e. The van der Waals surface area contributed by atoms with E-state index in [1.807, 2.05) is 0 Å². The van der Waals surface area contributed by atoms with E-state index in [9.17, 15) is 9.59 Å². The minimum absolute atomic E-state index is 0.0275. The van der Waals surface area contributed by atoms with Crippen molar-refractivity contribution in [2.75, 3.05) is 13.1 Å². The molecule has 1 aromatic carbocycles. The SMILES string of the molecule is NNC(=O)C[C@@H]1C(=O)NCC[NH+]1Cc1c(Cl)cccc1Cl. The van der Waals surface area contributed by atoms with Crippen molar-refractivity contribution in [1.82, 2.24) is 10.7 Å². The lowest BCUT2D eigenvalue weighted by molar-refractivity contribution is -0.930. The van der Waals surface area contributed by atoms with Crippen molar-refractivity contribution in [3.8, 4) is 0 Å². The van der Waals surface area contributed by atoms with Crippen LogP contribution in [-0.4, -0.2) is 30.9 Å². The maximum absolute atomic E-state index is 12.0. The summed E-state index contributed by atoms with van der Waals surface area (Å²) in [5.41, 5.74) is 2.84. The molecule has 0 aromatic heterocycles. The first-order chi connectivity index (χ1) is 10.0. The molecule has 1 aliphatic rings. The Balaban J connectivity index is 2.19. The van der Waals surface area contributed by atoms with Gasteiger partial charge in [0.25, 0.3) is 5.91 Å². The molecule has 2 atom stereocenters. The fourth-order valence-electron chi connectivity index (χ4n) is 2.45. The summed E-state index contributed by atoms with van der Waals surface area (Å²) in [6, 6.07) is 4.78. The fourth-order valence-corrected chi connectivity index (χ4v) is 2.98. The van der Waals surface area contributed by atoms with Gasteiger partial charge in [-0.15, -0.1) is 0 Å². The number of benzene rings is 1. The number of rotatable bonds is 4. The monoisotopic (exact) mass is 331 g/mol. The van der Waals surface area contributed by atoms with Gasteiger partial charge in [-0.1, -0.05) is 29.3 Å². The van der Waals surface area contributed by atoms with Gasteiger partial charge < -0.3 is 10.2 Å². The molecule has 1 saturated heterocycles. The molecular weight excluding hydrogens is 315 g/mol. The van der Waals surface area contributed by atoms with Crippen LogP contribution >= 0.6 is 23.2 Å². The first-order valence-corrected chi connectivity index (χ1v) is 7.33. The van der Waals surface area contributed by atoms with Crippen LogP contribution in [0.4, 0.5) is 0 Å². The third-order valence-corrected chi connectivity index (χ3v) is 4.28. The van der Waals surface area contributed by atoms with E-state index in [-0.39, 0.29) is 18.2 Å². The zero-order valence-electron chi connectivity index (χ0n) is 11.3. The van der Waals surface area contributed by atoms with E-state index in [0.717, 1.165) is 10.5 Å². The van der Waals surface area contributed by atoms with E-state index in [1.54, 1.807) is 18.2 Å². The zero-order chi connectivity index (χ0) is 15.4. The molecule has 0 aliphatic carbocycles. The van der Waals surface area contributed by atoms with Crippen LogP contribution < -0.4 is 21.5 Å². The number of hydrogen-bond acceptors (Lipinski definition) is 3. The molecule has 5 N–H and O–H groups in total. The minimum Gasteiger partial charge on any atom is -0.345 e. The van der Waals surface area contributed by atoms with Gasteiger partial charge in [-0.25, -0.2) is 5.84 Å². The van der Waals surface area contributed by atoms with E-state index >= 15 is 0 Å². The van der Waals surface area contributed by atoms with E-state index in [2.05, 4.69) is 10.7 Å². The van der Waals surface area contributed by atoms with Gasteiger partial charge in [-0.2, -0.15) is 0 Å². The number of nitrogens with one attached hydrogen (secondary N) is 3. The number of hydrazine groups is 1. The van der Waals surface area contributed by atoms with Crippen LogP contribution in [0.1, 0.15) is 12.0 Å². The van der Waals surface area contributed by atoms with Gasteiger partial charge in [0.15, 0.2) is 6.04 Å². The topological polar surface area (TPSA) is 88.7 Å². The summed E-state index contributed by atoms with van der Waals surface area (Å²) in [7, 11) is 0. The number of quaternary nitrogens is 1. The van der Waals surface area contributed by atoms with Crippen molar-refractivity contribution in [3.05, 3.63) is 33.8 Å². The standard InChI is InChI=1S/C13H16Cl2N4O2/c14-9-2-1-3-10(15)8(9)7-19-5-4-17-13(21)11(19)6-12(20)18-16/h1-3,11H,4-7,16H2,(H,17,21)(H,18,20)/p+1/t11-/m1/s1. The van der Waals surface area contributed by atoms with Crippen molar-refractivity contribution in [1.29, 1.82) is 0 Å². The number of amides is 2. The van der Waals surface area contributed by atoms with Crippen LogP contribution in [0, 0.1) is 0 Å². The second kappa shape index (κ2) is 7.09. The predicted molar refractivity (Wildman–Crippen MR) is 79.7 cm³/mol. The van der Waals surface area contributed by atoms with E-state index in [1.165, 1.54) is 0 Å². The Kier molecular flexibility index (Phi) is 5.41. The maximum Gasteiger partial charge on any atom is 0.279 e. The highest BCUT2D eigenvalue weighted by atomic mass is 35.5. The summed E-state index contributed by atoms with van der Waals surface area (Å²) in [6.07, 6.45) is 0.0275. The molecule has 0 radical (unpaired) electrons. The average Bonchev–Trinajstić information content (AvgIpc) is 2.46. The second-order valence-corrected chi connectivity index (χ2v) is 5.71. The fraction of sp³-hybridized carbons (Fsp3) is 0.385. The molecule has 6 nitrogen and oxygen atoms in total. The Labute approximate surface area is 132 Å². The normalized spacial score (nSPS) is 21.8.